The molecule has 1 heterocycles. The van der Waals surface area contributed by atoms with Crippen molar-refractivity contribution in [2.45, 2.75) is 6.42 Å². The number of anilines is 1. The minimum absolute atomic E-state index is 0.241. The van der Waals surface area contributed by atoms with Crippen molar-refractivity contribution >= 4 is 40.0 Å². The molecule has 156 valence electrons. The van der Waals surface area contributed by atoms with Crippen molar-refractivity contribution in [1.29, 1.82) is 0 Å². The third kappa shape index (κ3) is 4.32. The van der Waals surface area contributed by atoms with Crippen LogP contribution in [0, 0.1) is 0 Å². The van der Waals surface area contributed by atoms with E-state index in [2.05, 4.69) is 10.6 Å². The van der Waals surface area contributed by atoms with Crippen molar-refractivity contribution in [3.63, 3.8) is 0 Å². The quantitative estimate of drug-likeness (QED) is 0.448. The molecule has 0 spiro atoms. The van der Waals surface area contributed by atoms with Crippen molar-refractivity contribution in [1.82, 2.24) is 9.88 Å². The molecule has 0 saturated carbocycles. The van der Waals surface area contributed by atoms with Crippen LogP contribution < -0.4 is 10.6 Å². The number of amides is 2. The molecule has 2 amide bonds. The van der Waals surface area contributed by atoms with Gasteiger partial charge in [-0.1, -0.05) is 72.3 Å². The van der Waals surface area contributed by atoms with Crippen LogP contribution in [0.5, 0.6) is 0 Å². The molecule has 1 aromatic heterocycles. The lowest BCUT2D eigenvalue weighted by atomic mass is 10.1. The van der Waals surface area contributed by atoms with Gasteiger partial charge in [0, 0.05) is 24.5 Å². The van der Waals surface area contributed by atoms with Crippen LogP contribution >= 0.6 is 11.6 Å². The minimum atomic E-state index is -0.367. The summed E-state index contributed by atoms with van der Waals surface area (Å²) in [5.74, 6) is -0.608. The van der Waals surface area contributed by atoms with Crippen LogP contribution in [0.4, 0.5) is 5.69 Å². The Morgan fingerprint density at radius 1 is 0.871 bits per heavy atom. The van der Waals surface area contributed by atoms with Gasteiger partial charge in [-0.25, -0.2) is 0 Å². The highest BCUT2D eigenvalue weighted by molar-refractivity contribution is 6.39. The molecule has 4 aromatic rings. The molecule has 0 atom stereocenters. The van der Waals surface area contributed by atoms with Gasteiger partial charge in [-0.05, 0) is 30.2 Å². The topological polar surface area (TPSA) is 63.1 Å². The van der Waals surface area contributed by atoms with Gasteiger partial charge in [0.25, 0.3) is 11.8 Å². The van der Waals surface area contributed by atoms with Crippen LogP contribution in [0.15, 0.2) is 78.9 Å². The normalized spacial score (nSPS) is 10.8. The molecular weight excluding hydrogens is 410 g/mol. The predicted octanol–water partition coefficient (Wildman–Crippen LogP) is 5.06. The monoisotopic (exact) mass is 431 g/mol. The maximum Gasteiger partial charge on any atom is 0.273 e. The first-order valence-electron chi connectivity index (χ1n) is 10.0. The third-order valence-electron chi connectivity index (χ3n) is 5.22. The molecule has 5 nitrogen and oxygen atoms in total. The van der Waals surface area contributed by atoms with Gasteiger partial charge in [0.05, 0.1) is 16.3 Å². The van der Waals surface area contributed by atoms with E-state index in [1.165, 1.54) is 0 Å². The lowest BCUT2D eigenvalue weighted by Crippen LogP contribution is -2.27. The zero-order valence-corrected chi connectivity index (χ0v) is 17.8. The lowest BCUT2D eigenvalue weighted by molar-refractivity contribution is 0.0955. The fourth-order valence-corrected chi connectivity index (χ4v) is 4.00. The van der Waals surface area contributed by atoms with E-state index in [-0.39, 0.29) is 11.8 Å². The molecule has 4 rings (SSSR count). The Hall–Kier alpha value is -3.57. The number of benzene rings is 3. The van der Waals surface area contributed by atoms with Crippen LogP contribution in [0.1, 0.15) is 26.4 Å². The maximum absolute atomic E-state index is 13.1. The highest BCUT2D eigenvalue weighted by atomic mass is 35.5. The number of nitrogens with zero attached hydrogens (tertiary/aromatic N) is 1. The highest BCUT2D eigenvalue weighted by Gasteiger charge is 2.21. The minimum Gasteiger partial charge on any atom is -0.352 e. The Kier molecular flexibility index (Phi) is 6.05. The smallest absolute Gasteiger partial charge is 0.273 e. The number of nitrogens with one attached hydrogen (secondary N) is 2. The molecule has 0 aliphatic carbocycles. The van der Waals surface area contributed by atoms with E-state index in [0.29, 0.717) is 28.5 Å². The summed E-state index contributed by atoms with van der Waals surface area (Å²) in [6.07, 6.45) is 0.729. The first-order chi connectivity index (χ1) is 15.1. The molecule has 0 saturated heterocycles. The van der Waals surface area contributed by atoms with Crippen molar-refractivity contribution in [2.24, 2.45) is 7.05 Å². The lowest BCUT2D eigenvalue weighted by Gasteiger charge is -2.12. The van der Waals surface area contributed by atoms with E-state index in [9.17, 15) is 9.59 Å². The average molecular weight is 432 g/mol. The fourth-order valence-electron chi connectivity index (χ4n) is 3.63. The Balaban J connectivity index is 1.51. The summed E-state index contributed by atoms with van der Waals surface area (Å²) < 4.78 is 1.76. The van der Waals surface area contributed by atoms with Crippen molar-refractivity contribution in [3.8, 4) is 0 Å². The number of halogens is 1. The standard InChI is InChI=1S/C25H22ClN3O2/c1-29-21-14-8-6-12-19(21)22(26)23(29)25(31)28-20-13-7-5-11-18(20)24(30)27-16-15-17-9-3-2-4-10-17/h2-14H,15-16H2,1H3,(H,27,30)(H,28,31). The number of carbonyl (C=O) groups is 2. The van der Waals surface area contributed by atoms with Crippen LogP contribution in [-0.4, -0.2) is 22.9 Å². The van der Waals surface area contributed by atoms with Crippen molar-refractivity contribution in [3.05, 3.63) is 101 Å². The number of fused-ring (bicyclic) bond motifs is 1. The van der Waals surface area contributed by atoms with Gasteiger partial charge in [-0.15, -0.1) is 0 Å². The summed E-state index contributed by atoms with van der Waals surface area (Å²) in [6, 6.07) is 24.5. The van der Waals surface area contributed by atoms with Gasteiger partial charge < -0.3 is 15.2 Å². The number of rotatable bonds is 6. The molecule has 0 radical (unpaired) electrons. The first kappa shape index (κ1) is 20.7. The first-order valence-corrected chi connectivity index (χ1v) is 10.4. The van der Waals surface area contributed by atoms with E-state index in [0.717, 1.165) is 22.9 Å². The van der Waals surface area contributed by atoms with Gasteiger partial charge in [0.1, 0.15) is 5.69 Å². The zero-order valence-electron chi connectivity index (χ0n) is 17.1. The molecule has 2 N–H and O–H groups in total. The molecule has 0 aliphatic heterocycles. The molecule has 0 bridgehead atoms. The van der Waals surface area contributed by atoms with Gasteiger partial charge in [-0.3, -0.25) is 9.59 Å². The number of carbonyl (C=O) groups excluding carboxylic acids is 2. The summed E-state index contributed by atoms with van der Waals surface area (Å²) in [5.41, 5.74) is 3.20. The molecule has 6 heteroatoms. The van der Waals surface area contributed by atoms with Crippen LogP contribution in [0.3, 0.4) is 0 Å². The summed E-state index contributed by atoms with van der Waals surface area (Å²) in [6.45, 7) is 0.500. The van der Waals surface area contributed by atoms with Crippen LogP contribution in [-0.2, 0) is 13.5 Å². The average Bonchev–Trinajstić information content (AvgIpc) is 3.05. The number of aromatic nitrogens is 1. The Morgan fingerprint density at radius 2 is 1.55 bits per heavy atom. The zero-order chi connectivity index (χ0) is 21.8. The SMILES string of the molecule is Cn1c(C(=O)Nc2ccccc2C(=O)NCCc2ccccc2)c(Cl)c2ccccc21. The highest BCUT2D eigenvalue weighted by Crippen LogP contribution is 2.30. The second-order valence-electron chi connectivity index (χ2n) is 7.23. The van der Waals surface area contributed by atoms with Crippen molar-refractivity contribution < 1.29 is 9.59 Å². The second-order valence-corrected chi connectivity index (χ2v) is 7.61. The van der Waals surface area contributed by atoms with E-state index in [4.69, 9.17) is 11.6 Å². The molecule has 3 aromatic carbocycles. The van der Waals surface area contributed by atoms with Gasteiger partial charge in [0.2, 0.25) is 0 Å². The van der Waals surface area contributed by atoms with Crippen LogP contribution in [0.2, 0.25) is 5.02 Å². The van der Waals surface area contributed by atoms with E-state index >= 15 is 0 Å². The largest absolute Gasteiger partial charge is 0.352 e. The predicted molar refractivity (Wildman–Crippen MR) is 125 cm³/mol. The van der Waals surface area contributed by atoms with E-state index < -0.39 is 0 Å². The Bertz CT molecular complexity index is 1210. The second kappa shape index (κ2) is 9.06. The summed E-state index contributed by atoms with van der Waals surface area (Å²) in [5, 5.41) is 6.98. The molecule has 31 heavy (non-hydrogen) atoms. The van der Waals surface area contributed by atoms with E-state index in [1.807, 2.05) is 54.6 Å². The maximum atomic E-state index is 13.1. The van der Waals surface area contributed by atoms with Crippen molar-refractivity contribution in [2.75, 3.05) is 11.9 Å². The number of hydrogen-bond acceptors (Lipinski definition) is 2. The summed E-state index contributed by atoms with van der Waals surface area (Å²) in [7, 11) is 1.80. The van der Waals surface area contributed by atoms with Crippen LogP contribution in [0.25, 0.3) is 10.9 Å². The van der Waals surface area contributed by atoms with Gasteiger partial charge in [0.15, 0.2) is 0 Å². The molecular formula is C25H22ClN3O2. The molecule has 0 aliphatic rings. The summed E-state index contributed by atoms with van der Waals surface area (Å²) >= 11 is 6.49. The Labute approximate surface area is 185 Å². The Morgan fingerprint density at radius 3 is 2.32 bits per heavy atom. The van der Waals surface area contributed by atoms with E-state index in [1.54, 1.807) is 35.9 Å². The number of para-hydroxylation sites is 2. The third-order valence-corrected chi connectivity index (χ3v) is 5.60. The molecule has 0 fully saturated rings. The summed E-state index contributed by atoms with van der Waals surface area (Å²) in [4.78, 5) is 25.8. The number of hydrogen-bond donors (Lipinski definition) is 2. The van der Waals surface area contributed by atoms with Gasteiger partial charge >= 0.3 is 0 Å². The van der Waals surface area contributed by atoms with Gasteiger partial charge in [-0.2, -0.15) is 0 Å². The number of aryl methyl sites for hydroxylation is 1. The molecule has 0 unspecified atom stereocenters. The fraction of sp³-hybridized carbons (Fsp3) is 0.120.